The van der Waals surface area contributed by atoms with Gasteiger partial charge in [0.15, 0.2) is 5.13 Å². The molecule has 1 aromatic carbocycles. The van der Waals surface area contributed by atoms with Gasteiger partial charge < -0.3 is 15.2 Å². The quantitative estimate of drug-likeness (QED) is 0.840. The Kier molecular flexibility index (Phi) is 4.90. The van der Waals surface area contributed by atoms with Crippen LogP contribution in [0.15, 0.2) is 18.2 Å². The third-order valence-electron chi connectivity index (χ3n) is 3.98. The van der Waals surface area contributed by atoms with E-state index >= 15 is 0 Å². The molecule has 26 heavy (non-hydrogen) atoms. The number of anilines is 1. The van der Waals surface area contributed by atoms with E-state index in [1.807, 2.05) is 25.1 Å². The number of amides is 2. The van der Waals surface area contributed by atoms with Crippen LogP contribution >= 0.6 is 11.3 Å². The number of β-amino-alcohol motifs (C(OH)–C–C–N with tert-alkyl or cyclic N) is 1. The Morgan fingerprint density at radius 2 is 2.12 bits per heavy atom. The van der Waals surface area contributed by atoms with E-state index in [9.17, 15) is 14.7 Å². The van der Waals surface area contributed by atoms with Gasteiger partial charge >= 0.3 is 6.09 Å². The van der Waals surface area contributed by atoms with Crippen LogP contribution in [0.25, 0.3) is 10.2 Å². The van der Waals surface area contributed by atoms with Crippen molar-refractivity contribution in [1.29, 1.82) is 0 Å². The predicted molar refractivity (Wildman–Crippen MR) is 100 cm³/mol. The molecule has 2 amide bonds. The molecule has 2 atom stereocenters. The molecule has 0 spiro atoms. The van der Waals surface area contributed by atoms with Crippen molar-refractivity contribution in [3.63, 3.8) is 0 Å². The van der Waals surface area contributed by atoms with Gasteiger partial charge in [0.25, 0.3) is 0 Å². The van der Waals surface area contributed by atoms with Crippen molar-refractivity contribution >= 4 is 38.7 Å². The summed E-state index contributed by atoms with van der Waals surface area (Å²) in [6.07, 6.45) is -1.18. The lowest BCUT2D eigenvalue weighted by Crippen LogP contribution is -2.45. The van der Waals surface area contributed by atoms with Gasteiger partial charge in [0.2, 0.25) is 5.91 Å². The van der Waals surface area contributed by atoms with E-state index in [0.29, 0.717) is 5.13 Å². The zero-order valence-corrected chi connectivity index (χ0v) is 16.1. The fraction of sp³-hybridized carbons (Fsp3) is 0.500. The first-order valence-electron chi connectivity index (χ1n) is 8.48. The summed E-state index contributed by atoms with van der Waals surface area (Å²) in [6, 6.07) is 5.09. The van der Waals surface area contributed by atoms with Crippen molar-refractivity contribution in [2.24, 2.45) is 0 Å². The summed E-state index contributed by atoms with van der Waals surface area (Å²) < 4.78 is 6.33. The average molecular weight is 377 g/mol. The summed E-state index contributed by atoms with van der Waals surface area (Å²) in [5.74, 6) is -0.372. The Morgan fingerprint density at radius 3 is 2.81 bits per heavy atom. The smallest absolute Gasteiger partial charge is 0.411 e. The number of nitrogens with one attached hydrogen (secondary N) is 1. The number of aliphatic hydroxyl groups is 1. The Morgan fingerprint density at radius 1 is 1.38 bits per heavy atom. The largest absolute Gasteiger partial charge is 0.444 e. The fourth-order valence-electron chi connectivity index (χ4n) is 2.86. The molecule has 8 heteroatoms. The molecule has 0 unspecified atom stereocenters. The number of ether oxygens (including phenoxy) is 1. The topological polar surface area (TPSA) is 91.8 Å². The average Bonchev–Trinajstić information content (AvgIpc) is 3.08. The number of fused-ring (bicyclic) bond motifs is 1. The number of likely N-dealkylation sites (tertiary alicyclic amines) is 1. The lowest BCUT2D eigenvalue weighted by molar-refractivity contribution is -0.120. The van der Waals surface area contributed by atoms with Gasteiger partial charge in [-0.2, -0.15) is 0 Å². The molecule has 1 aliphatic rings. The number of benzene rings is 1. The first-order valence-corrected chi connectivity index (χ1v) is 9.30. The van der Waals surface area contributed by atoms with Gasteiger partial charge in [0.1, 0.15) is 11.6 Å². The third-order valence-corrected chi connectivity index (χ3v) is 4.92. The number of carbonyl (C=O) groups excluding carboxylic acids is 2. The highest BCUT2D eigenvalue weighted by Crippen LogP contribution is 2.28. The van der Waals surface area contributed by atoms with E-state index in [2.05, 4.69) is 10.3 Å². The number of nitrogens with zero attached hydrogens (tertiary/aromatic N) is 2. The minimum atomic E-state index is -0.784. The van der Waals surface area contributed by atoms with E-state index < -0.39 is 23.8 Å². The van der Waals surface area contributed by atoms with Crippen LogP contribution in [0, 0.1) is 6.92 Å². The Labute approximate surface area is 156 Å². The number of aromatic nitrogens is 1. The third kappa shape index (κ3) is 4.13. The van der Waals surface area contributed by atoms with Gasteiger partial charge in [0, 0.05) is 6.42 Å². The van der Waals surface area contributed by atoms with Gasteiger partial charge in [-0.15, -0.1) is 0 Å². The molecule has 3 rings (SSSR count). The number of thiazole rings is 1. The fourth-order valence-corrected chi connectivity index (χ4v) is 3.83. The highest BCUT2D eigenvalue weighted by atomic mass is 32.1. The molecule has 140 valence electrons. The van der Waals surface area contributed by atoms with E-state index in [0.717, 1.165) is 15.8 Å². The molecule has 1 aromatic heterocycles. The maximum atomic E-state index is 12.7. The van der Waals surface area contributed by atoms with Crippen LogP contribution in [0.2, 0.25) is 0 Å². The molecule has 2 N–H and O–H groups in total. The van der Waals surface area contributed by atoms with Crippen molar-refractivity contribution in [2.75, 3.05) is 11.9 Å². The molecule has 1 saturated heterocycles. The zero-order valence-electron chi connectivity index (χ0n) is 15.3. The number of aryl methyl sites for hydroxylation is 1. The van der Waals surface area contributed by atoms with Crippen LogP contribution in [-0.2, 0) is 9.53 Å². The van der Waals surface area contributed by atoms with Crippen LogP contribution in [0.5, 0.6) is 0 Å². The van der Waals surface area contributed by atoms with Gasteiger partial charge in [0.05, 0.1) is 22.9 Å². The van der Waals surface area contributed by atoms with Crippen molar-refractivity contribution < 1.29 is 19.4 Å². The highest BCUT2D eigenvalue weighted by Gasteiger charge is 2.41. The van der Waals surface area contributed by atoms with Gasteiger partial charge in [-0.05, 0) is 45.4 Å². The molecule has 2 heterocycles. The molecular weight excluding hydrogens is 354 g/mol. The van der Waals surface area contributed by atoms with Crippen LogP contribution in [0.1, 0.15) is 32.8 Å². The molecule has 0 bridgehead atoms. The number of hydrogen-bond acceptors (Lipinski definition) is 6. The van der Waals surface area contributed by atoms with Crippen molar-refractivity contribution in [1.82, 2.24) is 9.88 Å². The predicted octanol–water partition coefficient (Wildman–Crippen LogP) is 2.91. The van der Waals surface area contributed by atoms with Gasteiger partial charge in [-0.3, -0.25) is 9.69 Å². The number of aliphatic hydroxyl groups excluding tert-OH is 1. The molecule has 2 aromatic rings. The standard InChI is InChI=1S/C18H23N3O4S/c1-10-5-6-12-14(7-10)26-16(19-12)20-15(23)13-8-11(22)9-21(13)17(24)25-18(2,3)4/h5-7,11,13,22H,8-9H2,1-4H3,(H,19,20,23)/t11-,13+/m0/s1. The zero-order chi connectivity index (χ0) is 19.1. The summed E-state index contributed by atoms with van der Waals surface area (Å²) in [5.41, 5.74) is 1.26. The first kappa shape index (κ1) is 18.6. The lowest BCUT2D eigenvalue weighted by atomic mass is 10.2. The molecule has 1 aliphatic heterocycles. The van der Waals surface area contributed by atoms with Crippen molar-refractivity contribution in [3.05, 3.63) is 23.8 Å². The van der Waals surface area contributed by atoms with Crippen molar-refractivity contribution in [3.8, 4) is 0 Å². The van der Waals surface area contributed by atoms with Gasteiger partial charge in [-0.25, -0.2) is 9.78 Å². The van der Waals surface area contributed by atoms with E-state index in [-0.39, 0.29) is 18.9 Å². The maximum Gasteiger partial charge on any atom is 0.411 e. The Hall–Kier alpha value is -2.19. The Balaban J connectivity index is 1.75. The van der Waals surface area contributed by atoms with E-state index in [4.69, 9.17) is 4.74 Å². The van der Waals surface area contributed by atoms with Crippen LogP contribution < -0.4 is 5.32 Å². The number of hydrogen-bond donors (Lipinski definition) is 2. The normalized spacial score (nSPS) is 20.4. The minimum absolute atomic E-state index is 0.0754. The summed E-state index contributed by atoms with van der Waals surface area (Å²) in [5, 5.41) is 13.2. The molecule has 0 saturated carbocycles. The summed E-state index contributed by atoms with van der Waals surface area (Å²) in [4.78, 5) is 30.7. The second kappa shape index (κ2) is 6.85. The minimum Gasteiger partial charge on any atom is -0.444 e. The molecular formula is C18H23N3O4S. The van der Waals surface area contributed by atoms with Crippen molar-refractivity contribution in [2.45, 2.75) is 51.9 Å². The van der Waals surface area contributed by atoms with E-state index in [1.54, 1.807) is 20.8 Å². The monoisotopic (exact) mass is 377 g/mol. The van der Waals surface area contributed by atoms with Crippen LogP contribution in [0.4, 0.5) is 9.93 Å². The first-order chi connectivity index (χ1) is 12.1. The molecule has 7 nitrogen and oxygen atoms in total. The van der Waals surface area contributed by atoms with Crippen LogP contribution in [0.3, 0.4) is 0 Å². The Bertz CT molecular complexity index is 843. The summed E-state index contributed by atoms with van der Waals surface area (Å²) in [6.45, 7) is 7.35. The number of carbonyl (C=O) groups is 2. The van der Waals surface area contributed by atoms with Gasteiger partial charge in [-0.1, -0.05) is 17.4 Å². The van der Waals surface area contributed by atoms with E-state index in [1.165, 1.54) is 16.2 Å². The maximum absolute atomic E-state index is 12.7. The second-order valence-electron chi connectivity index (χ2n) is 7.52. The second-order valence-corrected chi connectivity index (χ2v) is 8.55. The lowest BCUT2D eigenvalue weighted by Gasteiger charge is -2.27. The molecule has 1 fully saturated rings. The summed E-state index contributed by atoms with van der Waals surface area (Å²) in [7, 11) is 0. The SMILES string of the molecule is Cc1ccc2nc(NC(=O)[C@H]3C[C@H](O)CN3C(=O)OC(C)(C)C)sc2c1. The highest BCUT2D eigenvalue weighted by molar-refractivity contribution is 7.22. The number of rotatable bonds is 2. The molecule has 0 radical (unpaired) electrons. The molecule has 0 aliphatic carbocycles. The summed E-state index contributed by atoms with van der Waals surface area (Å²) >= 11 is 1.38. The van der Waals surface area contributed by atoms with Crippen LogP contribution in [-0.4, -0.2) is 51.3 Å².